The van der Waals surface area contributed by atoms with E-state index in [1.807, 2.05) is 76.2 Å². The van der Waals surface area contributed by atoms with E-state index in [9.17, 15) is 4.79 Å². The summed E-state index contributed by atoms with van der Waals surface area (Å²) < 4.78 is 5.40. The van der Waals surface area contributed by atoms with Crippen LogP contribution in [0.5, 0.6) is 0 Å². The number of benzene rings is 2. The van der Waals surface area contributed by atoms with Gasteiger partial charge in [-0.05, 0) is 30.9 Å². The molecule has 0 atom stereocenters. The monoisotopic (exact) mass is 309 g/mol. The molecule has 0 bridgehead atoms. The van der Waals surface area contributed by atoms with Gasteiger partial charge in [-0.2, -0.15) is 0 Å². The van der Waals surface area contributed by atoms with Crippen molar-refractivity contribution >= 4 is 17.4 Å². The van der Waals surface area contributed by atoms with E-state index >= 15 is 0 Å². The van der Waals surface area contributed by atoms with Crippen molar-refractivity contribution in [2.75, 3.05) is 6.61 Å². The largest absolute Gasteiger partial charge is 0.461 e. The van der Waals surface area contributed by atoms with E-state index in [1.54, 1.807) is 0 Å². The average Bonchev–Trinajstić information content (AvgIpc) is 2.53. The molecule has 2 rings (SSSR count). The molecule has 0 fully saturated rings. The number of esters is 1. The van der Waals surface area contributed by atoms with Crippen LogP contribution in [-0.4, -0.2) is 18.3 Å². The molecule has 0 aromatic heterocycles. The molecule has 0 aliphatic rings. The highest BCUT2D eigenvalue weighted by atomic mass is 16.5. The van der Waals surface area contributed by atoms with E-state index in [1.165, 1.54) is 0 Å². The van der Waals surface area contributed by atoms with Crippen molar-refractivity contribution in [1.82, 2.24) is 0 Å². The summed E-state index contributed by atoms with van der Waals surface area (Å²) >= 11 is 0. The maximum absolute atomic E-state index is 12.5. The third kappa shape index (κ3) is 4.52. The predicted molar refractivity (Wildman–Crippen MR) is 94.4 cm³/mol. The number of rotatable bonds is 5. The molecule has 3 heteroatoms. The highest BCUT2D eigenvalue weighted by Crippen LogP contribution is 2.24. The van der Waals surface area contributed by atoms with Crippen LogP contribution in [-0.2, 0) is 9.53 Å². The first kappa shape index (κ1) is 16.9. The summed E-state index contributed by atoms with van der Waals surface area (Å²) in [5.41, 5.74) is 4.02. The molecule has 0 aliphatic heterocycles. The summed E-state index contributed by atoms with van der Waals surface area (Å²) in [5, 5.41) is 0. The molecular formula is C20H23NO2. The highest BCUT2D eigenvalue weighted by molar-refractivity contribution is 6.43. The van der Waals surface area contributed by atoms with Crippen molar-refractivity contribution in [1.29, 1.82) is 0 Å². The summed E-state index contributed by atoms with van der Waals surface area (Å²) in [4.78, 5) is 17.2. The normalized spacial score (nSPS) is 11.6. The highest BCUT2D eigenvalue weighted by Gasteiger charge is 2.17. The molecule has 2 aromatic carbocycles. The Morgan fingerprint density at radius 1 is 1.00 bits per heavy atom. The fourth-order valence-corrected chi connectivity index (χ4v) is 2.23. The van der Waals surface area contributed by atoms with Gasteiger partial charge in [0.25, 0.3) is 0 Å². The third-order valence-electron chi connectivity index (χ3n) is 3.45. The smallest absolute Gasteiger partial charge is 0.357 e. The molecule has 0 unspecified atom stereocenters. The molecule has 23 heavy (non-hydrogen) atoms. The van der Waals surface area contributed by atoms with Crippen LogP contribution in [0.1, 0.15) is 30.5 Å². The second kappa shape index (κ2) is 7.73. The SMILES string of the molecule is Cc1cccc(C)c1N=C(C(=O)OCC(C)C)c1ccccc1. The first-order chi connectivity index (χ1) is 11.0. The Morgan fingerprint density at radius 3 is 2.17 bits per heavy atom. The van der Waals surface area contributed by atoms with Gasteiger partial charge in [0.05, 0.1) is 12.3 Å². The number of carbonyl (C=O) groups is 1. The molecule has 0 saturated carbocycles. The molecule has 0 aliphatic carbocycles. The molecule has 2 aromatic rings. The van der Waals surface area contributed by atoms with Crippen molar-refractivity contribution in [2.24, 2.45) is 10.9 Å². The van der Waals surface area contributed by atoms with Gasteiger partial charge in [-0.25, -0.2) is 9.79 Å². The molecule has 0 saturated heterocycles. The Morgan fingerprint density at radius 2 is 1.61 bits per heavy atom. The molecule has 0 spiro atoms. The van der Waals surface area contributed by atoms with Gasteiger partial charge in [-0.15, -0.1) is 0 Å². The number of hydrogen-bond donors (Lipinski definition) is 0. The van der Waals surface area contributed by atoms with Crippen LogP contribution in [0, 0.1) is 19.8 Å². The summed E-state index contributed by atoms with van der Waals surface area (Å²) in [7, 11) is 0. The maximum atomic E-state index is 12.5. The van der Waals surface area contributed by atoms with Gasteiger partial charge >= 0.3 is 5.97 Å². The Hall–Kier alpha value is -2.42. The minimum Gasteiger partial charge on any atom is -0.461 e. The van der Waals surface area contributed by atoms with Gasteiger partial charge in [0, 0.05) is 5.56 Å². The Kier molecular flexibility index (Phi) is 5.69. The van der Waals surface area contributed by atoms with E-state index < -0.39 is 0 Å². The van der Waals surface area contributed by atoms with Crippen molar-refractivity contribution < 1.29 is 9.53 Å². The minimum absolute atomic E-state index is 0.288. The fraction of sp³-hybridized carbons (Fsp3) is 0.300. The van der Waals surface area contributed by atoms with E-state index in [-0.39, 0.29) is 11.9 Å². The van der Waals surface area contributed by atoms with E-state index in [0.29, 0.717) is 12.3 Å². The maximum Gasteiger partial charge on any atom is 0.357 e. The number of nitrogens with zero attached hydrogens (tertiary/aromatic N) is 1. The first-order valence-electron chi connectivity index (χ1n) is 7.86. The minimum atomic E-state index is -0.382. The quantitative estimate of drug-likeness (QED) is 0.597. The molecule has 0 radical (unpaired) electrons. The second-order valence-corrected chi connectivity index (χ2v) is 6.06. The van der Waals surface area contributed by atoms with Gasteiger partial charge < -0.3 is 4.74 Å². The lowest BCUT2D eigenvalue weighted by Crippen LogP contribution is -2.21. The zero-order valence-electron chi connectivity index (χ0n) is 14.2. The summed E-state index contributed by atoms with van der Waals surface area (Å²) in [6.45, 7) is 8.40. The number of ether oxygens (including phenoxy) is 1. The third-order valence-corrected chi connectivity index (χ3v) is 3.45. The van der Waals surface area contributed by atoms with E-state index in [0.717, 1.165) is 22.4 Å². The van der Waals surface area contributed by atoms with Gasteiger partial charge in [0.15, 0.2) is 5.71 Å². The molecule has 0 heterocycles. The van der Waals surface area contributed by atoms with Crippen LogP contribution in [0.25, 0.3) is 0 Å². The molecular weight excluding hydrogens is 286 g/mol. The van der Waals surface area contributed by atoms with Crippen LogP contribution >= 0.6 is 0 Å². The summed E-state index contributed by atoms with van der Waals surface area (Å²) in [6, 6.07) is 15.4. The Labute approximate surface area is 138 Å². The number of hydrogen-bond acceptors (Lipinski definition) is 3. The van der Waals surface area contributed by atoms with Crippen molar-refractivity contribution in [3.63, 3.8) is 0 Å². The molecule has 0 amide bonds. The summed E-state index contributed by atoms with van der Waals surface area (Å²) in [5.74, 6) is -0.0938. The lowest BCUT2D eigenvalue weighted by Gasteiger charge is -2.11. The number of carbonyl (C=O) groups excluding carboxylic acids is 1. The number of para-hydroxylation sites is 1. The standard InChI is InChI=1S/C20H23NO2/c1-14(2)13-23-20(22)19(17-11-6-5-7-12-17)21-18-15(3)9-8-10-16(18)4/h5-12,14H,13H2,1-4H3. The zero-order valence-corrected chi connectivity index (χ0v) is 14.2. The van der Waals surface area contributed by atoms with Gasteiger partial charge in [-0.1, -0.05) is 62.4 Å². The van der Waals surface area contributed by atoms with Crippen LogP contribution in [0.2, 0.25) is 0 Å². The zero-order chi connectivity index (χ0) is 16.8. The Bertz CT molecular complexity index is 683. The van der Waals surface area contributed by atoms with Crippen LogP contribution in [0.3, 0.4) is 0 Å². The molecule has 3 nitrogen and oxygen atoms in total. The van der Waals surface area contributed by atoms with Crippen LogP contribution < -0.4 is 0 Å². The number of aryl methyl sites for hydroxylation is 2. The average molecular weight is 309 g/mol. The topological polar surface area (TPSA) is 38.7 Å². The van der Waals surface area contributed by atoms with Crippen LogP contribution in [0.4, 0.5) is 5.69 Å². The van der Waals surface area contributed by atoms with Crippen molar-refractivity contribution in [3.8, 4) is 0 Å². The van der Waals surface area contributed by atoms with E-state index in [2.05, 4.69) is 4.99 Å². The van der Waals surface area contributed by atoms with Crippen molar-refractivity contribution in [2.45, 2.75) is 27.7 Å². The fourth-order valence-electron chi connectivity index (χ4n) is 2.23. The van der Waals surface area contributed by atoms with Crippen LogP contribution in [0.15, 0.2) is 53.5 Å². The number of aliphatic imine (C=N–C) groups is 1. The molecule has 0 N–H and O–H groups in total. The van der Waals surface area contributed by atoms with Gasteiger partial charge in [0.2, 0.25) is 0 Å². The van der Waals surface area contributed by atoms with Gasteiger partial charge in [0.1, 0.15) is 0 Å². The van der Waals surface area contributed by atoms with Gasteiger partial charge in [-0.3, -0.25) is 0 Å². The van der Waals surface area contributed by atoms with Crippen molar-refractivity contribution in [3.05, 3.63) is 65.2 Å². The Balaban J connectivity index is 2.45. The summed E-state index contributed by atoms with van der Waals surface area (Å²) in [6.07, 6.45) is 0. The molecule has 120 valence electrons. The predicted octanol–water partition coefficient (Wildman–Crippen LogP) is 4.62. The first-order valence-corrected chi connectivity index (χ1v) is 7.86. The second-order valence-electron chi connectivity index (χ2n) is 6.06. The van der Waals surface area contributed by atoms with E-state index in [4.69, 9.17) is 4.74 Å². The lowest BCUT2D eigenvalue weighted by atomic mass is 10.1. The lowest BCUT2D eigenvalue weighted by molar-refractivity contribution is -0.136.